The van der Waals surface area contributed by atoms with Crippen LogP contribution >= 0.6 is 0 Å². The van der Waals surface area contributed by atoms with E-state index in [0.29, 0.717) is 0 Å². The molecule has 2 atom stereocenters. The molecule has 1 nitrogen and oxygen atoms in total. The SMILES string of the molecule is CCCCCc1cccc(C2CCN(C)C(C)C2)c1. The molecular formula is C18H29N. The number of likely N-dealkylation sites (tertiary alicyclic amines) is 1. The van der Waals surface area contributed by atoms with E-state index in [1.54, 1.807) is 5.56 Å². The van der Waals surface area contributed by atoms with E-state index in [0.717, 1.165) is 12.0 Å². The van der Waals surface area contributed by atoms with E-state index in [4.69, 9.17) is 0 Å². The summed E-state index contributed by atoms with van der Waals surface area (Å²) < 4.78 is 0. The molecule has 2 rings (SSSR count). The molecule has 1 aliphatic rings. The first kappa shape index (κ1) is 14.6. The average molecular weight is 259 g/mol. The van der Waals surface area contributed by atoms with Crippen LogP contribution in [0.15, 0.2) is 24.3 Å². The van der Waals surface area contributed by atoms with Gasteiger partial charge in [0.05, 0.1) is 0 Å². The van der Waals surface area contributed by atoms with Gasteiger partial charge < -0.3 is 4.90 Å². The van der Waals surface area contributed by atoms with E-state index < -0.39 is 0 Å². The molecule has 0 saturated carbocycles. The first-order valence-electron chi connectivity index (χ1n) is 7.99. The lowest BCUT2D eigenvalue weighted by atomic mass is 9.85. The second kappa shape index (κ2) is 7.09. The van der Waals surface area contributed by atoms with E-state index >= 15 is 0 Å². The van der Waals surface area contributed by atoms with Gasteiger partial charge in [0.1, 0.15) is 0 Å². The predicted octanol–water partition coefficient (Wildman–Crippen LogP) is 4.62. The van der Waals surface area contributed by atoms with Crippen molar-refractivity contribution in [2.75, 3.05) is 13.6 Å². The highest BCUT2D eigenvalue weighted by atomic mass is 15.1. The number of hydrogen-bond acceptors (Lipinski definition) is 1. The minimum atomic E-state index is 0.725. The summed E-state index contributed by atoms with van der Waals surface area (Å²) in [5.41, 5.74) is 3.12. The lowest BCUT2D eigenvalue weighted by Crippen LogP contribution is -2.36. The first-order chi connectivity index (χ1) is 9.20. The van der Waals surface area contributed by atoms with Crippen molar-refractivity contribution < 1.29 is 0 Å². The second-order valence-electron chi connectivity index (χ2n) is 6.25. The fraction of sp³-hybridized carbons (Fsp3) is 0.667. The Hall–Kier alpha value is -0.820. The number of unbranched alkanes of at least 4 members (excludes halogenated alkanes) is 2. The van der Waals surface area contributed by atoms with Crippen LogP contribution in [0.5, 0.6) is 0 Å². The lowest BCUT2D eigenvalue weighted by Gasteiger charge is -2.35. The maximum Gasteiger partial charge on any atom is 0.00697 e. The zero-order valence-electron chi connectivity index (χ0n) is 12.9. The van der Waals surface area contributed by atoms with Gasteiger partial charge in [0, 0.05) is 6.04 Å². The summed E-state index contributed by atoms with van der Waals surface area (Å²) in [5, 5.41) is 0. The van der Waals surface area contributed by atoms with E-state index in [9.17, 15) is 0 Å². The van der Waals surface area contributed by atoms with Crippen molar-refractivity contribution in [1.82, 2.24) is 4.90 Å². The van der Waals surface area contributed by atoms with Crippen molar-refractivity contribution in [1.29, 1.82) is 0 Å². The highest BCUT2D eigenvalue weighted by Crippen LogP contribution is 2.31. The van der Waals surface area contributed by atoms with E-state index in [2.05, 4.69) is 50.1 Å². The van der Waals surface area contributed by atoms with Crippen LogP contribution in [-0.2, 0) is 6.42 Å². The molecule has 0 bridgehead atoms. The maximum atomic E-state index is 2.49. The maximum absolute atomic E-state index is 2.49. The Balaban J connectivity index is 1.98. The Morgan fingerprint density at radius 2 is 2.11 bits per heavy atom. The standard InChI is InChI=1S/C18H29N/c1-4-5-6-8-16-9-7-10-17(14-16)18-11-12-19(3)15(2)13-18/h7,9-10,14-15,18H,4-6,8,11-13H2,1-3H3. The molecule has 0 aliphatic carbocycles. The molecule has 1 aliphatic heterocycles. The smallest absolute Gasteiger partial charge is 0.00697 e. The molecule has 0 N–H and O–H groups in total. The fourth-order valence-electron chi connectivity index (χ4n) is 3.17. The summed E-state index contributed by atoms with van der Waals surface area (Å²) in [5.74, 6) is 0.775. The van der Waals surface area contributed by atoms with Gasteiger partial charge in [-0.2, -0.15) is 0 Å². The van der Waals surface area contributed by atoms with Crippen LogP contribution in [0.4, 0.5) is 0 Å². The summed E-state index contributed by atoms with van der Waals surface area (Å²) in [6.07, 6.45) is 7.89. The van der Waals surface area contributed by atoms with Crippen LogP contribution < -0.4 is 0 Å². The Labute approximate surface area is 119 Å². The zero-order chi connectivity index (χ0) is 13.7. The highest BCUT2D eigenvalue weighted by Gasteiger charge is 2.23. The second-order valence-corrected chi connectivity index (χ2v) is 6.25. The number of rotatable bonds is 5. The normalized spacial score (nSPS) is 24.6. The van der Waals surface area contributed by atoms with Crippen LogP contribution in [0.2, 0.25) is 0 Å². The third-order valence-corrected chi connectivity index (χ3v) is 4.70. The van der Waals surface area contributed by atoms with Crippen molar-refractivity contribution >= 4 is 0 Å². The van der Waals surface area contributed by atoms with Crippen molar-refractivity contribution in [2.45, 2.75) is 64.3 Å². The molecule has 0 aromatic heterocycles. The molecule has 1 aromatic rings. The summed E-state index contributed by atoms with van der Waals surface area (Å²) in [6, 6.07) is 10.1. The molecule has 19 heavy (non-hydrogen) atoms. The van der Waals surface area contributed by atoms with Crippen LogP contribution in [0, 0.1) is 0 Å². The van der Waals surface area contributed by atoms with Gasteiger partial charge >= 0.3 is 0 Å². The van der Waals surface area contributed by atoms with E-state index in [-0.39, 0.29) is 0 Å². The van der Waals surface area contributed by atoms with Crippen LogP contribution in [0.3, 0.4) is 0 Å². The number of piperidine rings is 1. The van der Waals surface area contributed by atoms with Crippen molar-refractivity contribution in [3.05, 3.63) is 35.4 Å². The zero-order valence-corrected chi connectivity index (χ0v) is 12.9. The van der Waals surface area contributed by atoms with Crippen molar-refractivity contribution in [3.63, 3.8) is 0 Å². The molecule has 106 valence electrons. The topological polar surface area (TPSA) is 3.24 Å². The number of nitrogens with zero attached hydrogens (tertiary/aromatic N) is 1. The highest BCUT2D eigenvalue weighted by molar-refractivity contribution is 5.27. The van der Waals surface area contributed by atoms with E-state index in [1.807, 2.05) is 0 Å². The summed E-state index contributed by atoms with van der Waals surface area (Å²) in [7, 11) is 2.25. The molecular weight excluding hydrogens is 230 g/mol. The molecule has 1 heteroatoms. The minimum Gasteiger partial charge on any atom is -0.304 e. The minimum absolute atomic E-state index is 0.725. The molecule has 0 radical (unpaired) electrons. The molecule has 1 fully saturated rings. The van der Waals surface area contributed by atoms with Gasteiger partial charge in [-0.15, -0.1) is 0 Å². The van der Waals surface area contributed by atoms with Gasteiger partial charge in [-0.3, -0.25) is 0 Å². The van der Waals surface area contributed by atoms with Gasteiger partial charge in [-0.25, -0.2) is 0 Å². The third-order valence-electron chi connectivity index (χ3n) is 4.70. The monoisotopic (exact) mass is 259 g/mol. The lowest BCUT2D eigenvalue weighted by molar-refractivity contribution is 0.183. The predicted molar refractivity (Wildman–Crippen MR) is 83.7 cm³/mol. The summed E-state index contributed by atoms with van der Waals surface area (Å²) in [4.78, 5) is 2.49. The summed E-state index contributed by atoms with van der Waals surface area (Å²) >= 11 is 0. The number of benzene rings is 1. The Morgan fingerprint density at radius 3 is 2.84 bits per heavy atom. The van der Waals surface area contributed by atoms with Crippen LogP contribution in [0.25, 0.3) is 0 Å². The number of hydrogen-bond donors (Lipinski definition) is 0. The Kier molecular flexibility index (Phi) is 5.45. The molecule has 0 amide bonds. The molecule has 1 aromatic carbocycles. The summed E-state index contributed by atoms with van der Waals surface area (Å²) in [6.45, 7) is 5.87. The molecule has 1 heterocycles. The van der Waals surface area contributed by atoms with Crippen molar-refractivity contribution in [3.8, 4) is 0 Å². The molecule has 0 spiro atoms. The van der Waals surface area contributed by atoms with Crippen molar-refractivity contribution in [2.24, 2.45) is 0 Å². The van der Waals surface area contributed by atoms with Gasteiger partial charge in [-0.05, 0) is 63.2 Å². The van der Waals surface area contributed by atoms with Gasteiger partial charge in [-0.1, -0.05) is 44.0 Å². The Morgan fingerprint density at radius 1 is 1.26 bits per heavy atom. The van der Waals surface area contributed by atoms with Gasteiger partial charge in [0.25, 0.3) is 0 Å². The largest absolute Gasteiger partial charge is 0.304 e. The fourth-order valence-corrected chi connectivity index (χ4v) is 3.17. The van der Waals surface area contributed by atoms with Gasteiger partial charge in [0.15, 0.2) is 0 Å². The van der Waals surface area contributed by atoms with Crippen LogP contribution in [0.1, 0.15) is 63.0 Å². The molecule has 2 unspecified atom stereocenters. The average Bonchev–Trinajstić information content (AvgIpc) is 2.43. The van der Waals surface area contributed by atoms with Gasteiger partial charge in [0.2, 0.25) is 0 Å². The van der Waals surface area contributed by atoms with E-state index in [1.165, 1.54) is 50.6 Å². The molecule has 1 saturated heterocycles. The third kappa shape index (κ3) is 4.07. The number of aryl methyl sites for hydroxylation is 1. The Bertz CT molecular complexity index is 385. The van der Waals surface area contributed by atoms with Crippen LogP contribution in [-0.4, -0.2) is 24.5 Å². The quantitative estimate of drug-likeness (QED) is 0.698. The first-order valence-corrected chi connectivity index (χ1v) is 7.99.